The van der Waals surface area contributed by atoms with Crippen molar-refractivity contribution in [3.63, 3.8) is 0 Å². The van der Waals surface area contributed by atoms with Gasteiger partial charge in [0.1, 0.15) is 0 Å². The highest BCUT2D eigenvalue weighted by Gasteiger charge is 2.14. The number of nitrogens with zero attached hydrogens (tertiary/aromatic N) is 3. The molecule has 0 unspecified atom stereocenters. The number of rotatable bonds is 4. The Kier molecular flexibility index (Phi) is 4.79. The summed E-state index contributed by atoms with van der Waals surface area (Å²) < 4.78 is 0. The van der Waals surface area contributed by atoms with Gasteiger partial charge in [0.2, 0.25) is 0 Å². The molecule has 1 aliphatic rings. The molecule has 6 nitrogen and oxygen atoms in total. The fraction of sp³-hybridized carbons (Fsp3) is 0.211. The fourth-order valence-corrected chi connectivity index (χ4v) is 3.59. The van der Waals surface area contributed by atoms with Gasteiger partial charge in [0, 0.05) is 24.3 Å². The summed E-state index contributed by atoms with van der Waals surface area (Å²) in [5.74, 6) is 0.927. The van der Waals surface area contributed by atoms with Crippen LogP contribution in [-0.4, -0.2) is 29.3 Å². The number of benzene rings is 1. The van der Waals surface area contributed by atoms with Gasteiger partial charge in [-0.1, -0.05) is 12.1 Å². The Balaban J connectivity index is 1.45. The van der Waals surface area contributed by atoms with E-state index in [0.717, 1.165) is 35.2 Å². The molecule has 132 valence electrons. The summed E-state index contributed by atoms with van der Waals surface area (Å²) in [7, 11) is 0. The van der Waals surface area contributed by atoms with Crippen molar-refractivity contribution in [3.05, 3.63) is 53.9 Å². The molecule has 2 aromatic heterocycles. The first-order valence-electron chi connectivity index (χ1n) is 8.58. The van der Waals surface area contributed by atoms with Gasteiger partial charge in [0.05, 0.1) is 10.7 Å². The average molecular weight is 365 g/mol. The predicted octanol–water partition coefficient (Wildman–Crippen LogP) is 4.45. The monoisotopic (exact) mass is 365 g/mol. The Morgan fingerprint density at radius 3 is 2.62 bits per heavy atom. The molecule has 0 radical (unpaired) electrons. The van der Waals surface area contributed by atoms with Crippen LogP contribution < -0.4 is 15.5 Å². The third-order valence-corrected chi connectivity index (χ3v) is 5.04. The van der Waals surface area contributed by atoms with Crippen molar-refractivity contribution in [3.8, 4) is 11.3 Å². The maximum Gasteiger partial charge on any atom is 0.324 e. The first kappa shape index (κ1) is 16.5. The molecule has 1 aliphatic heterocycles. The van der Waals surface area contributed by atoms with E-state index >= 15 is 0 Å². The van der Waals surface area contributed by atoms with Crippen molar-refractivity contribution in [1.29, 1.82) is 0 Å². The number of hydrogen-bond donors (Lipinski definition) is 2. The molecule has 1 fully saturated rings. The second-order valence-corrected chi connectivity index (χ2v) is 7.06. The van der Waals surface area contributed by atoms with Crippen LogP contribution in [0, 0.1) is 0 Å². The van der Waals surface area contributed by atoms with Gasteiger partial charge in [-0.15, -0.1) is 21.5 Å². The molecule has 3 heterocycles. The zero-order valence-electron chi connectivity index (χ0n) is 14.2. The SMILES string of the molecule is O=C(Nc1cccc(-c2ccc(N3CCCC3)nn2)c1)Nc1cccs1. The summed E-state index contributed by atoms with van der Waals surface area (Å²) in [4.78, 5) is 14.3. The highest BCUT2D eigenvalue weighted by molar-refractivity contribution is 7.14. The minimum atomic E-state index is -0.264. The quantitative estimate of drug-likeness (QED) is 0.717. The highest BCUT2D eigenvalue weighted by Crippen LogP contribution is 2.23. The van der Waals surface area contributed by atoms with E-state index in [1.165, 1.54) is 24.2 Å². The van der Waals surface area contributed by atoms with Crippen LogP contribution in [0.15, 0.2) is 53.9 Å². The lowest BCUT2D eigenvalue weighted by Crippen LogP contribution is -2.19. The Morgan fingerprint density at radius 2 is 1.88 bits per heavy atom. The van der Waals surface area contributed by atoms with E-state index in [4.69, 9.17) is 0 Å². The first-order chi connectivity index (χ1) is 12.8. The molecule has 2 N–H and O–H groups in total. The topological polar surface area (TPSA) is 70.2 Å². The van der Waals surface area contributed by atoms with E-state index in [0.29, 0.717) is 5.69 Å². The van der Waals surface area contributed by atoms with Gasteiger partial charge >= 0.3 is 6.03 Å². The third-order valence-electron chi connectivity index (χ3n) is 4.25. The number of carbonyl (C=O) groups is 1. The van der Waals surface area contributed by atoms with Crippen molar-refractivity contribution in [2.24, 2.45) is 0 Å². The second kappa shape index (κ2) is 7.53. The van der Waals surface area contributed by atoms with E-state index in [-0.39, 0.29) is 6.03 Å². The minimum absolute atomic E-state index is 0.264. The van der Waals surface area contributed by atoms with Crippen molar-refractivity contribution in [1.82, 2.24) is 10.2 Å². The summed E-state index contributed by atoms with van der Waals surface area (Å²) in [5, 5.41) is 17.1. The highest BCUT2D eigenvalue weighted by atomic mass is 32.1. The van der Waals surface area contributed by atoms with E-state index in [1.807, 2.05) is 53.9 Å². The van der Waals surface area contributed by atoms with Gasteiger partial charge in [-0.25, -0.2) is 4.79 Å². The Morgan fingerprint density at radius 1 is 1.00 bits per heavy atom. The second-order valence-electron chi connectivity index (χ2n) is 6.11. The molecule has 3 aromatic rings. The van der Waals surface area contributed by atoms with E-state index in [2.05, 4.69) is 25.7 Å². The van der Waals surface area contributed by atoms with Crippen molar-refractivity contribution in [2.45, 2.75) is 12.8 Å². The summed E-state index contributed by atoms with van der Waals surface area (Å²) in [6.07, 6.45) is 2.43. The Bertz CT molecular complexity index is 873. The molecule has 0 saturated carbocycles. The van der Waals surface area contributed by atoms with Crippen LogP contribution in [0.5, 0.6) is 0 Å². The standard InChI is InChI=1S/C19H19N5OS/c25-19(21-18-7-4-12-26-18)20-15-6-3-5-14(13-15)16-8-9-17(23-22-16)24-10-1-2-11-24/h3-9,12-13H,1-2,10-11H2,(H2,20,21,25). The number of nitrogens with one attached hydrogen (secondary N) is 2. The van der Waals surface area contributed by atoms with Crippen molar-refractivity contribution >= 4 is 33.9 Å². The van der Waals surface area contributed by atoms with Crippen molar-refractivity contribution in [2.75, 3.05) is 28.6 Å². The molecule has 0 spiro atoms. The van der Waals surface area contributed by atoms with E-state index < -0.39 is 0 Å². The summed E-state index contributed by atoms with van der Waals surface area (Å²) in [6.45, 7) is 2.10. The van der Waals surface area contributed by atoms with E-state index in [1.54, 1.807) is 0 Å². The lowest BCUT2D eigenvalue weighted by atomic mass is 10.1. The maximum atomic E-state index is 12.1. The molecular weight excluding hydrogens is 346 g/mol. The van der Waals surface area contributed by atoms with Crippen LogP contribution in [-0.2, 0) is 0 Å². The number of aromatic nitrogens is 2. The van der Waals surface area contributed by atoms with Crippen LogP contribution in [0.25, 0.3) is 11.3 Å². The van der Waals surface area contributed by atoms with Gasteiger partial charge in [-0.2, -0.15) is 0 Å². The summed E-state index contributed by atoms with van der Waals surface area (Å²) in [6, 6.07) is 15.1. The number of urea groups is 1. The molecule has 0 atom stereocenters. The molecule has 4 rings (SSSR count). The molecule has 2 amide bonds. The largest absolute Gasteiger partial charge is 0.355 e. The van der Waals surface area contributed by atoms with E-state index in [9.17, 15) is 4.79 Å². The van der Waals surface area contributed by atoms with Crippen LogP contribution in [0.2, 0.25) is 0 Å². The van der Waals surface area contributed by atoms with Gasteiger partial charge in [0.25, 0.3) is 0 Å². The third kappa shape index (κ3) is 3.83. The molecule has 1 aromatic carbocycles. The smallest absolute Gasteiger partial charge is 0.324 e. The minimum Gasteiger partial charge on any atom is -0.355 e. The van der Waals surface area contributed by atoms with Gasteiger partial charge in [0.15, 0.2) is 5.82 Å². The average Bonchev–Trinajstić information content (AvgIpc) is 3.36. The van der Waals surface area contributed by atoms with Gasteiger partial charge in [-0.05, 0) is 54.6 Å². The Labute approximate surface area is 155 Å². The zero-order chi connectivity index (χ0) is 17.8. The zero-order valence-corrected chi connectivity index (χ0v) is 15.0. The van der Waals surface area contributed by atoms with Crippen LogP contribution in [0.1, 0.15) is 12.8 Å². The lowest BCUT2D eigenvalue weighted by Gasteiger charge is -2.15. The van der Waals surface area contributed by atoms with Crippen LogP contribution >= 0.6 is 11.3 Å². The molecule has 26 heavy (non-hydrogen) atoms. The normalized spacial score (nSPS) is 13.6. The lowest BCUT2D eigenvalue weighted by molar-refractivity contribution is 0.262. The molecule has 0 aliphatic carbocycles. The number of hydrogen-bond acceptors (Lipinski definition) is 5. The predicted molar refractivity (Wildman–Crippen MR) is 106 cm³/mol. The number of amides is 2. The van der Waals surface area contributed by atoms with Crippen LogP contribution in [0.4, 0.5) is 21.3 Å². The molecular formula is C19H19N5OS. The van der Waals surface area contributed by atoms with Gasteiger partial charge in [-0.3, -0.25) is 5.32 Å². The summed E-state index contributed by atoms with van der Waals surface area (Å²) in [5.41, 5.74) is 2.41. The van der Waals surface area contributed by atoms with Crippen molar-refractivity contribution < 1.29 is 4.79 Å². The molecule has 0 bridgehead atoms. The number of anilines is 3. The first-order valence-corrected chi connectivity index (χ1v) is 9.46. The number of thiophene rings is 1. The fourth-order valence-electron chi connectivity index (χ4n) is 2.97. The van der Waals surface area contributed by atoms with Gasteiger partial charge < -0.3 is 10.2 Å². The van der Waals surface area contributed by atoms with Crippen LogP contribution in [0.3, 0.4) is 0 Å². The number of carbonyl (C=O) groups excluding carboxylic acids is 1. The maximum absolute atomic E-state index is 12.1. The summed E-state index contributed by atoms with van der Waals surface area (Å²) >= 11 is 1.48. The molecule has 7 heteroatoms. The molecule has 1 saturated heterocycles. The Hall–Kier alpha value is -2.93.